The van der Waals surface area contributed by atoms with Crippen LogP contribution in [0.2, 0.25) is 0 Å². The fraction of sp³-hybridized carbons (Fsp3) is 0.419. The third kappa shape index (κ3) is 10.6. The van der Waals surface area contributed by atoms with E-state index in [-0.39, 0.29) is 0 Å². The number of nitrogens with one attached hydrogen (secondary N) is 4. The van der Waals surface area contributed by atoms with E-state index in [0.717, 1.165) is 68.6 Å². The molecule has 43 heavy (non-hydrogen) atoms. The molecule has 5 N–H and O–H groups in total. The van der Waals surface area contributed by atoms with Crippen molar-refractivity contribution in [2.24, 2.45) is 0 Å². The zero-order valence-corrected chi connectivity index (χ0v) is 24.6. The number of hydrogen-bond donors (Lipinski definition) is 5. The first-order valence-corrected chi connectivity index (χ1v) is 14.7. The Balaban J connectivity index is 1.31. The van der Waals surface area contributed by atoms with Crippen LogP contribution in [0.3, 0.4) is 0 Å². The maximum atomic E-state index is 12.1. The number of rotatable bonds is 18. The van der Waals surface area contributed by atoms with Crippen molar-refractivity contribution in [1.82, 2.24) is 24.8 Å². The van der Waals surface area contributed by atoms with Gasteiger partial charge in [0.05, 0.1) is 6.20 Å². The summed E-state index contributed by atoms with van der Waals surface area (Å²) in [6.07, 6.45) is 12.7. The van der Waals surface area contributed by atoms with Crippen molar-refractivity contribution in [3.05, 3.63) is 72.1 Å². The SMILES string of the molecule is Cc1ccc(OCCN(CCCCc2ccc3c(n2)NCCC3)CC[C@H](Nc2cc(N/C=C\C=N)ncn2)C(=O)O)cn1. The Hall–Kier alpha value is -4.58. The average molecular weight is 588 g/mol. The van der Waals surface area contributed by atoms with Gasteiger partial charge in [-0.15, -0.1) is 0 Å². The van der Waals surface area contributed by atoms with Crippen LogP contribution >= 0.6 is 0 Å². The standard InChI is InChI=1S/C31H41N9O3/c1-23-8-11-26(21-35-23)43-19-18-40(16-3-2-7-25-10-9-24-6-4-14-34-30(24)38-25)17-12-27(31(41)42)39-29-20-28(36-22-37-29)33-15-5-13-32/h5,8-11,13,15,20-22,27,32H,2-4,6-7,12,14,16-19H2,1H3,(H,34,38)(H,41,42)(H2,33,36,37,39)/b15-5-,32-13?/t27-/m0/s1. The normalized spacial score (nSPS) is 13.3. The van der Waals surface area contributed by atoms with Crippen molar-refractivity contribution in [2.75, 3.05) is 48.7 Å². The molecule has 0 unspecified atom stereocenters. The van der Waals surface area contributed by atoms with E-state index in [1.807, 2.05) is 19.1 Å². The molecule has 0 amide bonds. The summed E-state index contributed by atoms with van der Waals surface area (Å²) in [5, 5.41) is 26.4. The van der Waals surface area contributed by atoms with Gasteiger partial charge >= 0.3 is 5.97 Å². The Morgan fingerprint density at radius 3 is 2.86 bits per heavy atom. The second kappa shape index (κ2) is 16.8. The third-order valence-corrected chi connectivity index (χ3v) is 7.11. The van der Waals surface area contributed by atoms with Crippen molar-refractivity contribution < 1.29 is 14.6 Å². The van der Waals surface area contributed by atoms with Gasteiger partial charge in [0, 0.05) is 49.5 Å². The van der Waals surface area contributed by atoms with E-state index in [0.29, 0.717) is 43.5 Å². The number of unbranched alkanes of at least 4 members (excludes halogenated alkanes) is 1. The predicted molar refractivity (Wildman–Crippen MR) is 168 cm³/mol. The lowest BCUT2D eigenvalue weighted by atomic mass is 10.1. The molecule has 0 saturated heterocycles. The lowest BCUT2D eigenvalue weighted by Crippen LogP contribution is -2.37. The van der Waals surface area contributed by atoms with Crippen molar-refractivity contribution in [1.29, 1.82) is 5.41 Å². The number of fused-ring (bicyclic) bond motifs is 1. The summed E-state index contributed by atoms with van der Waals surface area (Å²) in [7, 11) is 0. The van der Waals surface area contributed by atoms with Crippen molar-refractivity contribution in [3.63, 3.8) is 0 Å². The molecular formula is C31H41N9O3. The molecule has 3 aromatic rings. The summed E-state index contributed by atoms with van der Waals surface area (Å²) < 4.78 is 5.93. The number of allylic oxidation sites excluding steroid dienone is 1. The molecule has 12 nitrogen and oxygen atoms in total. The molecule has 4 heterocycles. The van der Waals surface area contributed by atoms with E-state index in [1.54, 1.807) is 18.5 Å². The molecule has 0 aliphatic carbocycles. The van der Waals surface area contributed by atoms with Crippen LogP contribution in [-0.2, 0) is 17.6 Å². The summed E-state index contributed by atoms with van der Waals surface area (Å²) in [5.74, 6) is 1.68. The number of carboxylic acid groups (broad SMARTS) is 1. The van der Waals surface area contributed by atoms with Crippen LogP contribution in [0, 0.1) is 12.3 Å². The number of anilines is 3. The van der Waals surface area contributed by atoms with Gasteiger partial charge in [-0.3, -0.25) is 9.88 Å². The highest BCUT2D eigenvalue weighted by atomic mass is 16.5. The first-order valence-electron chi connectivity index (χ1n) is 14.7. The van der Waals surface area contributed by atoms with Gasteiger partial charge in [-0.05, 0) is 81.8 Å². The number of nitrogens with zero attached hydrogens (tertiary/aromatic N) is 5. The number of carbonyl (C=O) groups is 1. The van der Waals surface area contributed by atoms with Crippen molar-refractivity contribution in [3.8, 4) is 5.75 Å². The van der Waals surface area contributed by atoms with Gasteiger partial charge < -0.3 is 31.2 Å². The molecule has 0 bridgehead atoms. The molecule has 0 saturated carbocycles. The van der Waals surface area contributed by atoms with E-state index in [1.165, 1.54) is 18.0 Å². The summed E-state index contributed by atoms with van der Waals surface area (Å²) in [6, 6.07) is 8.94. The van der Waals surface area contributed by atoms with E-state index in [2.05, 4.69) is 47.9 Å². The summed E-state index contributed by atoms with van der Waals surface area (Å²) >= 11 is 0. The number of aromatic nitrogens is 4. The topological polar surface area (TPSA) is 161 Å². The summed E-state index contributed by atoms with van der Waals surface area (Å²) in [4.78, 5) is 31.8. The molecule has 4 rings (SSSR count). The Bertz CT molecular complexity index is 1350. The number of aryl methyl sites for hydroxylation is 3. The number of hydrogen-bond acceptors (Lipinski definition) is 11. The van der Waals surface area contributed by atoms with E-state index >= 15 is 0 Å². The molecule has 0 fully saturated rings. The maximum absolute atomic E-state index is 12.1. The van der Waals surface area contributed by atoms with Gasteiger partial charge in [0.15, 0.2) is 0 Å². The van der Waals surface area contributed by atoms with Crippen LogP contribution in [0.15, 0.2) is 55.1 Å². The van der Waals surface area contributed by atoms with Gasteiger partial charge in [0.2, 0.25) is 0 Å². The number of carboxylic acids is 1. The summed E-state index contributed by atoms with van der Waals surface area (Å²) in [6.45, 7) is 5.41. The monoisotopic (exact) mass is 587 g/mol. The third-order valence-electron chi connectivity index (χ3n) is 7.11. The quantitative estimate of drug-likeness (QED) is 0.107. The largest absolute Gasteiger partial charge is 0.491 e. The Morgan fingerprint density at radius 1 is 1.16 bits per heavy atom. The van der Waals surface area contributed by atoms with Crippen molar-refractivity contribution >= 4 is 29.6 Å². The Kier molecular flexibility index (Phi) is 12.2. The van der Waals surface area contributed by atoms with Crippen LogP contribution < -0.4 is 20.7 Å². The molecule has 0 aromatic carbocycles. The van der Waals surface area contributed by atoms with Crippen LogP contribution in [0.25, 0.3) is 0 Å². The van der Waals surface area contributed by atoms with E-state index < -0.39 is 12.0 Å². The average Bonchev–Trinajstić information content (AvgIpc) is 3.02. The van der Waals surface area contributed by atoms with Crippen LogP contribution in [-0.4, -0.2) is 81.0 Å². The molecule has 1 aliphatic heterocycles. The smallest absolute Gasteiger partial charge is 0.326 e. The van der Waals surface area contributed by atoms with Crippen molar-refractivity contribution in [2.45, 2.75) is 51.5 Å². The number of ether oxygens (including phenoxy) is 1. The van der Waals surface area contributed by atoms with Gasteiger partial charge in [0.25, 0.3) is 0 Å². The minimum Gasteiger partial charge on any atom is -0.491 e. The van der Waals surface area contributed by atoms with Crippen LogP contribution in [0.4, 0.5) is 17.5 Å². The Labute approximate surface area is 252 Å². The second-order valence-electron chi connectivity index (χ2n) is 10.4. The first-order chi connectivity index (χ1) is 21.0. The molecule has 0 radical (unpaired) electrons. The number of aliphatic carboxylic acids is 1. The fourth-order valence-electron chi connectivity index (χ4n) is 4.76. The van der Waals surface area contributed by atoms with Gasteiger partial charge in [-0.2, -0.15) is 0 Å². The molecule has 1 atom stereocenters. The maximum Gasteiger partial charge on any atom is 0.326 e. The number of pyridine rings is 2. The van der Waals surface area contributed by atoms with Crippen LogP contribution in [0.5, 0.6) is 5.75 Å². The molecule has 3 aromatic heterocycles. The van der Waals surface area contributed by atoms with Gasteiger partial charge in [-0.1, -0.05) is 6.07 Å². The zero-order chi connectivity index (χ0) is 30.3. The molecular weight excluding hydrogens is 546 g/mol. The summed E-state index contributed by atoms with van der Waals surface area (Å²) in [5.41, 5.74) is 3.32. The zero-order valence-electron chi connectivity index (χ0n) is 24.6. The highest BCUT2D eigenvalue weighted by molar-refractivity contribution is 5.77. The van der Waals surface area contributed by atoms with Gasteiger partial charge in [0.1, 0.15) is 42.2 Å². The lowest BCUT2D eigenvalue weighted by molar-refractivity contribution is -0.138. The van der Waals surface area contributed by atoms with E-state index in [4.69, 9.17) is 15.1 Å². The molecule has 0 spiro atoms. The molecule has 1 aliphatic rings. The minimum absolute atomic E-state index is 0.375. The molecule has 228 valence electrons. The predicted octanol–water partition coefficient (Wildman–Crippen LogP) is 4.17. The van der Waals surface area contributed by atoms with Crippen LogP contribution in [0.1, 0.15) is 42.6 Å². The van der Waals surface area contributed by atoms with Gasteiger partial charge in [-0.25, -0.2) is 19.7 Å². The minimum atomic E-state index is -0.953. The first kappa shape index (κ1) is 31.4. The van der Waals surface area contributed by atoms with E-state index in [9.17, 15) is 9.90 Å². The lowest BCUT2D eigenvalue weighted by Gasteiger charge is -2.24. The fourth-order valence-corrected chi connectivity index (χ4v) is 4.76. The molecule has 12 heteroatoms. The highest BCUT2D eigenvalue weighted by Crippen LogP contribution is 2.20. The Morgan fingerprint density at radius 2 is 2.05 bits per heavy atom. The highest BCUT2D eigenvalue weighted by Gasteiger charge is 2.20. The second-order valence-corrected chi connectivity index (χ2v) is 10.4.